The first-order valence-electron chi connectivity index (χ1n) is 8.43. The summed E-state index contributed by atoms with van der Waals surface area (Å²) in [6, 6.07) is 19.3. The molecule has 0 saturated carbocycles. The molecule has 130 valence electrons. The molecule has 4 nitrogen and oxygen atoms in total. The third kappa shape index (κ3) is 3.90. The largest absolute Gasteiger partial charge is 0.462 e. The van der Waals surface area contributed by atoms with Crippen LogP contribution in [0.5, 0.6) is 0 Å². The summed E-state index contributed by atoms with van der Waals surface area (Å²) < 4.78 is 10.7. The van der Waals surface area contributed by atoms with Crippen LogP contribution in [-0.4, -0.2) is 24.6 Å². The number of benzene rings is 2. The smallest absolute Gasteiger partial charge is 0.348 e. The first kappa shape index (κ1) is 17.2. The van der Waals surface area contributed by atoms with Gasteiger partial charge in [-0.15, -0.1) is 0 Å². The van der Waals surface area contributed by atoms with E-state index in [1.807, 2.05) is 74.5 Å². The van der Waals surface area contributed by atoms with E-state index in [9.17, 15) is 9.59 Å². The molecule has 0 aromatic heterocycles. The van der Waals surface area contributed by atoms with Gasteiger partial charge in [0.05, 0.1) is 5.92 Å². The van der Waals surface area contributed by atoms with Crippen molar-refractivity contribution in [2.75, 3.05) is 6.61 Å². The van der Waals surface area contributed by atoms with Crippen LogP contribution < -0.4 is 0 Å². The lowest BCUT2D eigenvalue weighted by Crippen LogP contribution is -2.36. The molecule has 0 amide bonds. The highest BCUT2D eigenvalue weighted by atomic mass is 16.6. The summed E-state index contributed by atoms with van der Waals surface area (Å²) in [5.74, 6) is -1.33. The molecule has 0 bridgehead atoms. The normalized spacial score (nSPS) is 19.9. The van der Waals surface area contributed by atoms with Gasteiger partial charge < -0.3 is 9.47 Å². The summed E-state index contributed by atoms with van der Waals surface area (Å²) in [5.41, 5.74) is 1.41. The second-order valence-electron chi connectivity index (χ2n) is 7.07. The molecular weight excluding hydrogens is 316 g/mol. The monoisotopic (exact) mass is 338 g/mol. The zero-order valence-electron chi connectivity index (χ0n) is 14.5. The Bertz CT molecular complexity index is 737. The molecule has 2 aromatic rings. The number of cyclic esters (lactones) is 1. The molecule has 1 aliphatic rings. The Labute approximate surface area is 147 Å². The molecule has 1 saturated heterocycles. The van der Waals surface area contributed by atoms with Gasteiger partial charge in [0.1, 0.15) is 6.61 Å². The summed E-state index contributed by atoms with van der Waals surface area (Å²) in [6.07, 6.45) is -0.340. The maximum absolute atomic E-state index is 12.9. The van der Waals surface area contributed by atoms with E-state index in [1.165, 1.54) is 0 Å². The predicted molar refractivity (Wildman–Crippen MR) is 93.9 cm³/mol. The molecule has 0 aliphatic carbocycles. The van der Waals surface area contributed by atoms with Crippen LogP contribution in [0.4, 0.5) is 0 Å². The van der Waals surface area contributed by atoms with E-state index >= 15 is 0 Å². The number of ether oxygens (including phenoxy) is 2. The number of esters is 2. The zero-order valence-corrected chi connectivity index (χ0v) is 14.5. The van der Waals surface area contributed by atoms with Gasteiger partial charge in [-0.25, -0.2) is 4.79 Å². The number of hydrogen-bond acceptors (Lipinski definition) is 4. The summed E-state index contributed by atoms with van der Waals surface area (Å²) >= 11 is 0. The van der Waals surface area contributed by atoms with Crippen molar-refractivity contribution in [3.05, 3.63) is 71.8 Å². The van der Waals surface area contributed by atoms with Crippen molar-refractivity contribution in [2.45, 2.75) is 32.3 Å². The lowest BCUT2D eigenvalue weighted by Gasteiger charge is -2.24. The Balaban J connectivity index is 1.84. The van der Waals surface area contributed by atoms with Crippen molar-refractivity contribution in [3.8, 4) is 0 Å². The highest BCUT2D eigenvalue weighted by molar-refractivity contribution is 5.84. The average Bonchev–Trinajstić information content (AvgIpc) is 2.88. The predicted octanol–water partition coefficient (Wildman–Crippen LogP) is 3.51. The molecule has 2 atom stereocenters. The minimum absolute atomic E-state index is 0.262. The fourth-order valence-electron chi connectivity index (χ4n) is 3.01. The standard InChI is InChI=1S/C21H22O4/c1-21(2)14-24-20(23)18(21)25-19(22)17(16-11-7-4-8-12-16)13-15-9-5-3-6-10-15/h3-12,17-18H,13-14H2,1-2H3/t17-,18+/m1/s1. The lowest BCUT2D eigenvalue weighted by atomic mass is 9.88. The Morgan fingerprint density at radius 3 is 2.28 bits per heavy atom. The van der Waals surface area contributed by atoms with Gasteiger partial charge in [-0.2, -0.15) is 0 Å². The zero-order chi connectivity index (χ0) is 17.9. The number of rotatable bonds is 5. The van der Waals surface area contributed by atoms with E-state index in [4.69, 9.17) is 9.47 Å². The average molecular weight is 338 g/mol. The van der Waals surface area contributed by atoms with Crippen molar-refractivity contribution >= 4 is 11.9 Å². The van der Waals surface area contributed by atoms with E-state index in [1.54, 1.807) is 0 Å². The quantitative estimate of drug-likeness (QED) is 0.783. The Morgan fingerprint density at radius 1 is 1.12 bits per heavy atom. The topological polar surface area (TPSA) is 52.6 Å². The van der Waals surface area contributed by atoms with Gasteiger partial charge >= 0.3 is 11.9 Å². The van der Waals surface area contributed by atoms with Gasteiger partial charge in [0.2, 0.25) is 6.10 Å². The van der Waals surface area contributed by atoms with Crippen molar-refractivity contribution in [1.29, 1.82) is 0 Å². The van der Waals surface area contributed by atoms with Crippen LogP contribution in [0.15, 0.2) is 60.7 Å². The van der Waals surface area contributed by atoms with Gasteiger partial charge in [-0.05, 0) is 17.5 Å². The van der Waals surface area contributed by atoms with Crippen LogP contribution >= 0.6 is 0 Å². The summed E-state index contributed by atoms with van der Waals surface area (Å²) in [7, 11) is 0. The molecule has 0 spiro atoms. The lowest BCUT2D eigenvalue weighted by molar-refractivity contribution is -0.164. The SMILES string of the molecule is CC1(C)COC(=O)[C@@H]1OC(=O)[C@H](Cc1ccccc1)c1ccccc1. The van der Waals surface area contributed by atoms with Crippen LogP contribution in [0.25, 0.3) is 0 Å². The van der Waals surface area contributed by atoms with Gasteiger partial charge in [-0.1, -0.05) is 74.5 Å². The number of carbonyl (C=O) groups is 2. The van der Waals surface area contributed by atoms with E-state index < -0.39 is 29.4 Å². The molecule has 0 radical (unpaired) electrons. The third-order valence-electron chi connectivity index (χ3n) is 4.51. The Kier molecular flexibility index (Phi) is 4.88. The fraction of sp³-hybridized carbons (Fsp3) is 0.333. The van der Waals surface area contributed by atoms with Crippen LogP contribution in [0, 0.1) is 5.41 Å². The van der Waals surface area contributed by atoms with E-state index in [2.05, 4.69) is 0 Å². The van der Waals surface area contributed by atoms with Crippen molar-refractivity contribution in [1.82, 2.24) is 0 Å². The number of hydrogen-bond donors (Lipinski definition) is 0. The first-order chi connectivity index (χ1) is 12.0. The fourth-order valence-corrected chi connectivity index (χ4v) is 3.01. The highest BCUT2D eigenvalue weighted by Crippen LogP contribution is 2.33. The molecule has 1 aliphatic heterocycles. The minimum Gasteiger partial charge on any atom is -0.462 e. The van der Waals surface area contributed by atoms with Crippen molar-refractivity contribution in [3.63, 3.8) is 0 Å². The molecule has 1 fully saturated rings. The van der Waals surface area contributed by atoms with Gasteiger partial charge in [0, 0.05) is 5.41 Å². The molecule has 4 heteroatoms. The summed E-state index contributed by atoms with van der Waals surface area (Å²) in [4.78, 5) is 24.9. The second-order valence-corrected chi connectivity index (χ2v) is 7.07. The molecule has 3 rings (SSSR count). The van der Waals surface area contributed by atoms with Crippen molar-refractivity contribution < 1.29 is 19.1 Å². The molecule has 2 aromatic carbocycles. The Morgan fingerprint density at radius 2 is 1.72 bits per heavy atom. The maximum Gasteiger partial charge on any atom is 0.348 e. The van der Waals surface area contributed by atoms with E-state index in [-0.39, 0.29) is 6.61 Å². The van der Waals surface area contributed by atoms with Gasteiger partial charge in [-0.3, -0.25) is 4.79 Å². The van der Waals surface area contributed by atoms with Crippen LogP contribution in [0.1, 0.15) is 30.9 Å². The van der Waals surface area contributed by atoms with Gasteiger partial charge in [0.15, 0.2) is 0 Å². The molecule has 0 N–H and O–H groups in total. The minimum atomic E-state index is -0.859. The molecule has 1 heterocycles. The molecular formula is C21H22O4. The first-order valence-corrected chi connectivity index (χ1v) is 8.43. The maximum atomic E-state index is 12.9. The van der Waals surface area contributed by atoms with Crippen LogP contribution in [0.2, 0.25) is 0 Å². The van der Waals surface area contributed by atoms with Crippen LogP contribution in [-0.2, 0) is 25.5 Å². The van der Waals surface area contributed by atoms with Gasteiger partial charge in [0.25, 0.3) is 0 Å². The van der Waals surface area contributed by atoms with Crippen LogP contribution in [0.3, 0.4) is 0 Å². The van der Waals surface area contributed by atoms with E-state index in [0.717, 1.165) is 11.1 Å². The summed E-state index contributed by atoms with van der Waals surface area (Å²) in [5, 5.41) is 0. The number of carbonyl (C=O) groups excluding carboxylic acids is 2. The third-order valence-corrected chi connectivity index (χ3v) is 4.51. The Hall–Kier alpha value is -2.62. The highest BCUT2D eigenvalue weighted by Gasteiger charge is 2.47. The van der Waals surface area contributed by atoms with Crippen molar-refractivity contribution in [2.24, 2.45) is 5.41 Å². The molecule has 0 unspecified atom stereocenters. The second kappa shape index (κ2) is 7.09. The summed E-state index contributed by atoms with van der Waals surface area (Å²) in [6.45, 7) is 3.99. The molecule has 25 heavy (non-hydrogen) atoms. The van der Waals surface area contributed by atoms with E-state index in [0.29, 0.717) is 6.42 Å².